The molecule has 1 aromatic carbocycles. The standard InChI is InChI=1S/C12H14N2O2/c1-16-10-4-2-3-7-8-5-13-6-9(8)12(15)14-11(7)10/h2-4,8-9,13H,5-6H2,1H3,(H,14,15). The van der Waals surface area contributed by atoms with Gasteiger partial charge in [-0.15, -0.1) is 0 Å². The first-order valence-corrected chi connectivity index (χ1v) is 5.49. The molecule has 4 nitrogen and oxygen atoms in total. The number of carbonyl (C=O) groups excluding carboxylic acids is 1. The number of para-hydroxylation sites is 1. The molecule has 0 bridgehead atoms. The van der Waals surface area contributed by atoms with Gasteiger partial charge in [-0.2, -0.15) is 0 Å². The molecule has 0 radical (unpaired) electrons. The first kappa shape index (κ1) is 9.66. The lowest BCUT2D eigenvalue weighted by Crippen LogP contribution is -2.33. The summed E-state index contributed by atoms with van der Waals surface area (Å²) in [6.07, 6.45) is 0. The van der Waals surface area contributed by atoms with Crippen LogP contribution in [-0.2, 0) is 4.79 Å². The molecule has 1 aromatic rings. The van der Waals surface area contributed by atoms with Gasteiger partial charge in [-0.3, -0.25) is 4.79 Å². The second kappa shape index (κ2) is 3.49. The lowest BCUT2D eigenvalue weighted by molar-refractivity contribution is -0.120. The van der Waals surface area contributed by atoms with Gasteiger partial charge in [0.15, 0.2) is 0 Å². The van der Waals surface area contributed by atoms with E-state index in [1.165, 1.54) is 5.56 Å². The lowest BCUT2D eigenvalue weighted by Gasteiger charge is -2.28. The van der Waals surface area contributed by atoms with Crippen molar-refractivity contribution in [2.75, 3.05) is 25.5 Å². The van der Waals surface area contributed by atoms with Crippen molar-refractivity contribution in [3.63, 3.8) is 0 Å². The summed E-state index contributed by atoms with van der Waals surface area (Å²) in [6, 6.07) is 5.92. The quantitative estimate of drug-likeness (QED) is 0.738. The molecular formula is C12H14N2O2. The van der Waals surface area contributed by atoms with Crippen molar-refractivity contribution >= 4 is 11.6 Å². The fourth-order valence-corrected chi connectivity index (χ4v) is 2.66. The second-order valence-corrected chi connectivity index (χ2v) is 4.28. The molecule has 3 rings (SSSR count). The van der Waals surface area contributed by atoms with Crippen LogP contribution in [0.3, 0.4) is 0 Å². The van der Waals surface area contributed by atoms with Gasteiger partial charge in [0.1, 0.15) is 5.75 Å². The molecule has 1 fully saturated rings. The predicted octanol–water partition coefficient (Wildman–Crippen LogP) is 0.950. The minimum Gasteiger partial charge on any atom is -0.495 e. The van der Waals surface area contributed by atoms with Crippen LogP contribution in [0.25, 0.3) is 0 Å². The Morgan fingerprint density at radius 3 is 2.94 bits per heavy atom. The Kier molecular flexibility index (Phi) is 2.11. The number of fused-ring (bicyclic) bond motifs is 3. The van der Waals surface area contributed by atoms with Gasteiger partial charge in [0.05, 0.1) is 18.7 Å². The number of methoxy groups -OCH3 is 1. The van der Waals surface area contributed by atoms with Crippen LogP contribution in [0.1, 0.15) is 11.5 Å². The molecule has 0 aromatic heterocycles. The molecule has 16 heavy (non-hydrogen) atoms. The average molecular weight is 218 g/mol. The van der Waals surface area contributed by atoms with Gasteiger partial charge >= 0.3 is 0 Å². The molecule has 2 aliphatic rings. The van der Waals surface area contributed by atoms with Gasteiger partial charge in [0, 0.05) is 19.0 Å². The van der Waals surface area contributed by atoms with E-state index in [1.807, 2.05) is 12.1 Å². The van der Waals surface area contributed by atoms with Crippen LogP contribution in [-0.4, -0.2) is 26.1 Å². The van der Waals surface area contributed by atoms with E-state index in [-0.39, 0.29) is 11.8 Å². The van der Waals surface area contributed by atoms with E-state index in [4.69, 9.17) is 4.74 Å². The summed E-state index contributed by atoms with van der Waals surface area (Å²) in [5, 5.41) is 6.22. The van der Waals surface area contributed by atoms with Crippen LogP contribution < -0.4 is 15.4 Å². The molecule has 2 unspecified atom stereocenters. The maximum atomic E-state index is 11.9. The summed E-state index contributed by atoms with van der Waals surface area (Å²) in [6.45, 7) is 1.64. The van der Waals surface area contributed by atoms with Gasteiger partial charge < -0.3 is 15.4 Å². The first-order valence-electron chi connectivity index (χ1n) is 5.49. The maximum Gasteiger partial charge on any atom is 0.229 e. The molecule has 0 saturated carbocycles. The molecule has 0 aliphatic carbocycles. The summed E-state index contributed by atoms with van der Waals surface area (Å²) in [5.41, 5.74) is 2.04. The molecule has 2 heterocycles. The van der Waals surface area contributed by atoms with Crippen molar-refractivity contribution in [3.8, 4) is 5.75 Å². The van der Waals surface area contributed by atoms with Crippen LogP contribution in [0, 0.1) is 5.92 Å². The molecule has 0 spiro atoms. The largest absolute Gasteiger partial charge is 0.495 e. The highest BCUT2D eigenvalue weighted by atomic mass is 16.5. The van der Waals surface area contributed by atoms with E-state index in [2.05, 4.69) is 16.7 Å². The van der Waals surface area contributed by atoms with E-state index in [9.17, 15) is 4.79 Å². The number of nitrogens with one attached hydrogen (secondary N) is 2. The topological polar surface area (TPSA) is 50.4 Å². The number of hydrogen-bond donors (Lipinski definition) is 2. The fraction of sp³-hybridized carbons (Fsp3) is 0.417. The number of carbonyl (C=O) groups is 1. The lowest BCUT2D eigenvalue weighted by atomic mass is 9.84. The number of amides is 1. The number of ether oxygens (including phenoxy) is 1. The maximum absolute atomic E-state index is 11.9. The molecule has 2 N–H and O–H groups in total. The van der Waals surface area contributed by atoms with Gasteiger partial charge in [0.25, 0.3) is 0 Å². The third-order valence-electron chi connectivity index (χ3n) is 3.48. The van der Waals surface area contributed by atoms with Crippen LogP contribution in [0.5, 0.6) is 5.75 Å². The Labute approximate surface area is 94.0 Å². The van der Waals surface area contributed by atoms with Crippen LogP contribution in [0.4, 0.5) is 5.69 Å². The van der Waals surface area contributed by atoms with Crippen LogP contribution >= 0.6 is 0 Å². The molecule has 4 heteroatoms. The Hall–Kier alpha value is -1.55. The Morgan fingerprint density at radius 2 is 2.12 bits per heavy atom. The number of benzene rings is 1. The second-order valence-electron chi connectivity index (χ2n) is 4.28. The number of rotatable bonds is 1. The van der Waals surface area contributed by atoms with Crippen molar-refractivity contribution < 1.29 is 9.53 Å². The summed E-state index contributed by atoms with van der Waals surface area (Å²) in [7, 11) is 1.63. The van der Waals surface area contributed by atoms with Gasteiger partial charge in [-0.25, -0.2) is 0 Å². The smallest absolute Gasteiger partial charge is 0.229 e. The highest BCUT2D eigenvalue weighted by Gasteiger charge is 2.39. The molecule has 2 atom stereocenters. The summed E-state index contributed by atoms with van der Waals surface area (Å²) in [5.74, 6) is 1.21. The van der Waals surface area contributed by atoms with Crippen molar-refractivity contribution in [1.82, 2.24) is 5.32 Å². The molecule has 1 saturated heterocycles. The monoisotopic (exact) mass is 218 g/mol. The zero-order valence-corrected chi connectivity index (χ0v) is 9.12. The Bertz CT molecular complexity index is 445. The van der Waals surface area contributed by atoms with Crippen LogP contribution in [0.15, 0.2) is 18.2 Å². The predicted molar refractivity (Wildman–Crippen MR) is 60.7 cm³/mol. The molecule has 84 valence electrons. The highest BCUT2D eigenvalue weighted by molar-refractivity contribution is 5.98. The minimum absolute atomic E-state index is 0.0691. The van der Waals surface area contributed by atoms with E-state index >= 15 is 0 Å². The van der Waals surface area contributed by atoms with Crippen molar-refractivity contribution in [3.05, 3.63) is 23.8 Å². The zero-order chi connectivity index (χ0) is 11.1. The minimum atomic E-state index is 0.0691. The average Bonchev–Trinajstić information content (AvgIpc) is 2.78. The highest BCUT2D eigenvalue weighted by Crippen LogP contribution is 2.42. The molecular weight excluding hydrogens is 204 g/mol. The van der Waals surface area contributed by atoms with Crippen molar-refractivity contribution in [2.24, 2.45) is 5.92 Å². The van der Waals surface area contributed by atoms with E-state index in [1.54, 1.807) is 7.11 Å². The third kappa shape index (κ3) is 1.23. The summed E-state index contributed by atoms with van der Waals surface area (Å²) >= 11 is 0. The zero-order valence-electron chi connectivity index (χ0n) is 9.12. The SMILES string of the molecule is COc1cccc2c1NC(=O)C1CNCC21. The van der Waals surface area contributed by atoms with Gasteiger partial charge in [-0.1, -0.05) is 12.1 Å². The first-order chi connectivity index (χ1) is 7.81. The van der Waals surface area contributed by atoms with Gasteiger partial charge in [-0.05, 0) is 11.6 Å². The van der Waals surface area contributed by atoms with E-state index in [0.29, 0.717) is 5.92 Å². The van der Waals surface area contributed by atoms with E-state index < -0.39 is 0 Å². The molecule has 1 amide bonds. The third-order valence-corrected chi connectivity index (χ3v) is 3.48. The fourth-order valence-electron chi connectivity index (χ4n) is 2.66. The number of anilines is 1. The molecule has 2 aliphatic heterocycles. The summed E-state index contributed by atoms with van der Waals surface area (Å²) < 4.78 is 5.27. The van der Waals surface area contributed by atoms with E-state index in [0.717, 1.165) is 24.5 Å². The number of hydrogen-bond acceptors (Lipinski definition) is 3. The van der Waals surface area contributed by atoms with Gasteiger partial charge in [0.2, 0.25) is 5.91 Å². The van der Waals surface area contributed by atoms with Crippen molar-refractivity contribution in [2.45, 2.75) is 5.92 Å². The van der Waals surface area contributed by atoms with Crippen molar-refractivity contribution in [1.29, 1.82) is 0 Å². The Balaban J connectivity index is 2.13. The normalized spacial score (nSPS) is 26.9. The summed E-state index contributed by atoms with van der Waals surface area (Å²) in [4.78, 5) is 11.9. The van der Waals surface area contributed by atoms with Crippen LogP contribution in [0.2, 0.25) is 0 Å². The Morgan fingerprint density at radius 1 is 1.31 bits per heavy atom.